The lowest BCUT2D eigenvalue weighted by Crippen LogP contribution is -2.44. The molecule has 1 N–H and O–H groups in total. The first-order valence-electron chi connectivity index (χ1n) is 9.37. The van der Waals surface area contributed by atoms with Crippen LogP contribution in [0.3, 0.4) is 0 Å². The second kappa shape index (κ2) is 8.80. The van der Waals surface area contributed by atoms with Crippen LogP contribution in [0, 0.1) is 0 Å². The highest BCUT2D eigenvalue weighted by atomic mass is 15.3. The Labute approximate surface area is 156 Å². The van der Waals surface area contributed by atoms with Crippen LogP contribution in [0.1, 0.15) is 19.8 Å². The largest absolute Gasteiger partial charge is 0.369 e. The Morgan fingerprint density at radius 2 is 1.85 bits per heavy atom. The van der Waals surface area contributed by atoms with E-state index in [2.05, 4.69) is 68.5 Å². The van der Waals surface area contributed by atoms with Crippen LogP contribution in [0.25, 0.3) is 0 Å². The zero-order valence-corrected chi connectivity index (χ0v) is 16.0. The predicted molar refractivity (Wildman–Crippen MR) is 107 cm³/mol. The molecule has 0 aliphatic carbocycles. The van der Waals surface area contributed by atoms with E-state index in [9.17, 15) is 0 Å². The normalized spacial score (nSPS) is 15.1. The summed E-state index contributed by atoms with van der Waals surface area (Å²) < 4.78 is 0. The second-order valence-electron chi connectivity index (χ2n) is 6.88. The van der Waals surface area contributed by atoms with Crippen molar-refractivity contribution in [3.8, 4) is 0 Å². The minimum absolute atomic E-state index is 0.650. The van der Waals surface area contributed by atoms with Crippen molar-refractivity contribution in [3.63, 3.8) is 0 Å². The molecule has 7 nitrogen and oxygen atoms in total. The van der Waals surface area contributed by atoms with Crippen LogP contribution < -0.4 is 15.1 Å². The van der Waals surface area contributed by atoms with Crippen LogP contribution in [0.5, 0.6) is 0 Å². The summed E-state index contributed by atoms with van der Waals surface area (Å²) in [5.74, 6) is 1.36. The Morgan fingerprint density at radius 1 is 1.12 bits per heavy atom. The summed E-state index contributed by atoms with van der Waals surface area (Å²) >= 11 is 0. The van der Waals surface area contributed by atoms with E-state index in [1.165, 1.54) is 5.69 Å². The zero-order chi connectivity index (χ0) is 18.4. The Balaban J connectivity index is 1.62. The fourth-order valence-corrected chi connectivity index (χ4v) is 2.98. The molecular weight excluding hydrogens is 326 g/mol. The summed E-state index contributed by atoms with van der Waals surface area (Å²) in [5, 5.41) is 11.5. The molecule has 1 aromatic carbocycles. The number of piperazine rings is 1. The van der Waals surface area contributed by atoms with Gasteiger partial charge in [0.25, 0.3) is 0 Å². The topological polar surface area (TPSA) is 60.4 Å². The molecule has 26 heavy (non-hydrogen) atoms. The van der Waals surface area contributed by atoms with Gasteiger partial charge < -0.3 is 20.0 Å². The van der Waals surface area contributed by atoms with Crippen molar-refractivity contribution >= 4 is 23.1 Å². The van der Waals surface area contributed by atoms with Crippen LogP contribution in [0.4, 0.5) is 23.1 Å². The molecule has 2 aromatic rings. The van der Waals surface area contributed by atoms with E-state index in [0.717, 1.165) is 51.3 Å². The highest BCUT2D eigenvalue weighted by Gasteiger charge is 2.14. The lowest BCUT2D eigenvalue weighted by Gasteiger charge is -2.34. The average molecular weight is 355 g/mol. The van der Waals surface area contributed by atoms with E-state index >= 15 is 0 Å². The molecule has 7 heteroatoms. The van der Waals surface area contributed by atoms with Crippen molar-refractivity contribution in [1.29, 1.82) is 0 Å². The maximum absolute atomic E-state index is 4.57. The number of unbranched alkanes of at least 4 members (excludes halogenated alkanes) is 1. The molecule has 0 atom stereocenters. The van der Waals surface area contributed by atoms with Gasteiger partial charge in [-0.25, -0.2) is 0 Å². The van der Waals surface area contributed by atoms with Crippen LogP contribution >= 0.6 is 0 Å². The molecule has 0 radical (unpaired) electrons. The molecule has 1 saturated heterocycles. The minimum atomic E-state index is 0.650. The van der Waals surface area contributed by atoms with Gasteiger partial charge in [0, 0.05) is 51.1 Å². The maximum Gasteiger partial charge on any atom is 0.247 e. The SMILES string of the molecule is CCCCN(C)c1nncc(Nc2ccc(N3CCN(C)CC3)cc2)n1. The van der Waals surface area contributed by atoms with E-state index in [-0.39, 0.29) is 0 Å². The quantitative estimate of drug-likeness (QED) is 0.819. The van der Waals surface area contributed by atoms with Gasteiger partial charge in [0.05, 0.1) is 6.20 Å². The van der Waals surface area contributed by atoms with E-state index in [1.807, 2.05) is 11.9 Å². The summed E-state index contributed by atoms with van der Waals surface area (Å²) in [5.41, 5.74) is 2.27. The number of likely N-dealkylation sites (N-methyl/N-ethyl adjacent to an activating group) is 1. The smallest absolute Gasteiger partial charge is 0.247 e. The predicted octanol–water partition coefficient (Wildman–Crippen LogP) is 2.60. The standard InChI is InChI=1S/C19H29N7/c1-4-5-10-25(3)19-22-18(15-20-23-19)21-16-6-8-17(9-7-16)26-13-11-24(2)12-14-26/h6-9,15H,4-5,10-14H2,1-3H3,(H,21,22,23). The Kier molecular flexibility index (Phi) is 6.22. The van der Waals surface area contributed by atoms with Crippen molar-refractivity contribution in [1.82, 2.24) is 20.1 Å². The van der Waals surface area contributed by atoms with Crippen molar-refractivity contribution < 1.29 is 0 Å². The first kappa shape index (κ1) is 18.4. The van der Waals surface area contributed by atoms with Gasteiger partial charge in [-0.2, -0.15) is 10.1 Å². The van der Waals surface area contributed by atoms with Crippen molar-refractivity contribution in [2.75, 3.05) is 61.9 Å². The summed E-state index contributed by atoms with van der Waals surface area (Å²) in [6.45, 7) is 7.49. The second-order valence-corrected chi connectivity index (χ2v) is 6.88. The molecular formula is C19H29N7. The van der Waals surface area contributed by atoms with Crippen LogP contribution in [-0.4, -0.2) is 66.9 Å². The number of rotatable bonds is 7. The summed E-state index contributed by atoms with van der Waals surface area (Å²) in [7, 11) is 4.18. The summed E-state index contributed by atoms with van der Waals surface area (Å²) in [4.78, 5) is 11.4. The number of hydrogen-bond acceptors (Lipinski definition) is 7. The lowest BCUT2D eigenvalue weighted by atomic mass is 10.2. The Hall–Kier alpha value is -2.41. The van der Waals surface area contributed by atoms with Crippen LogP contribution in [0.15, 0.2) is 30.5 Å². The minimum Gasteiger partial charge on any atom is -0.369 e. The van der Waals surface area contributed by atoms with E-state index < -0.39 is 0 Å². The van der Waals surface area contributed by atoms with E-state index in [1.54, 1.807) is 6.20 Å². The van der Waals surface area contributed by atoms with Gasteiger partial charge in [0.2, 0.25) is 5.95 Å². The molecule has 0 amide bonds. The molecule has 1 aliphatic rings. The Bertz CT molecular complexity index is 681. The zero-order valence-electron chi connectivity index (χ0n) is 16.0. The summed E-state index contributed by atoms with van der Waals surface area (Å²) in [6.07, 6.45) is 3.92. The van der Waals surface area contributed by atoms with Gasteiger partial charge in [-0.05, 0) is 37.7 Å². The van der Waals surface area contributed by atoms with Gasteiger partial charge in [-0.3, -0.25) is 0 Å². The molecule has 0 bridgehead atoms. The molecule has 1 fully saturated rings. The fourth-order valence-electron chi connectivity index (χ4n) is 2.98. The van der Waals surface area contributed by atoms with Crippen molar-refractivity contribution in [2.45, 2.75) is 19.8 Å². The molecule has 1 aromatic heterocycles. The summed E-state index contributed by atoms with van der Waals surface area (Å²) in [6, 6.07) is 8.51. The number of nitrogens with one attached hydrogen (secondary N) is 1. The van der Waals surface area contributed by atoms with E-state index in [0.29, 0.717) is 11.8 Å². The highest BCUT2D eigenvalue weighted by Crippen LogP contribution is 2.21. The molecule has 0 saturated carbocycles. The first-order chi connectivity index (χ1) is 12.7. The third-order valence-corrected chi connectivity index (χ3v) is 4.74. The number of anilines is 4. The Morgan fingerprint density at radius 3 is 2.54 bits per heavy atom. The molecule has 140 valence electrons. The van der Waals surface area contributed by atoms with Crippen molar-refractivity contribution in [3.05, 3.63) is 30.5 Å². The molecule has 1 aliphatic heterocycles. The van der Waals surface area contributed by atoms with E-state index in [4.69, 9.17) is 0 Å². The number of benzene rings is 1. The third kappa shape index (κ3) is 4.82. The number of aromatic nitrogens is 3. The van der Waals surface area contributed by atoms with Crippen LogP contribution in [-0.2, 0) is 0 Å². The average Bonchev–Trinajstić information content (AvgIpc) is 2.67. The van der Waals surface area contributed by atoms with Gasteiger partial charge >= 0.3 is 0 Å². The number of hydrogen-bond donors (Lipinski definition) is 1. The molecule has 3 rings (SSSR count). The molecule has 2 heterocycles. The van der Waals surface area contributed by atoms with Crippen LogP contribution in [0.2, 0.25) is 0 Å². The molecule has 0 spiro atoms. The maximum atomic E-state index is 4.57. The highest BCUT2D eigenvalue weighted by molar-refractivity contribution is 5.61. The monoisotopic (exact) mass is 355 g/mol. The fraction of sp³-hybridized carbons (Fsp3) is 0.526. The third-order valence-electron chi connectivity index (χ3n) is 4.74. The molecule has 0 unspecified atom stereocenters. The van der Waals surface area contributed by atoms with Gasteiger partial charge in [-0.1, -0.05) is 13.3 Å². The van der Waals surface area contributed by atoms with Crippen molar-refractivity contribution in [2.24, 2.45) is 0 Å². The lowest BCUT2D eigenvalue weighted by molar-refractivity contribution is 0.313. The van der Waals surface area contributed by atoms with Gasteiger partial charge in [0.1, 0.15) is 0 Å². The number of nitrogens with zero attached hydrogens (tertiary/aromatic N) is 6. The van der Waals surface area contributed by atoms with Gasteiger partial charge in [-0.15, -0.1) is 5.10 Å². The first-order valence-corrected chi connectivity index (χ1v) is 9.37. The van der Waals surface area contributed by atoms with Gasteiger partial charge in [0.15, 0.2) is 5.82 Å².